The summed E-state index contributed by atoms with van der Waals surface area (Å²) < 4.78 is 30.6. The molecule has 2 aromatic rings. The van der Waals surface area contributed by atoms with Gasteiger partial charge in [0.25, 0.3) is 5.91 Å². The Hall–Kier alpha value is -2.28. The van der Waals surface area contributed by atoms with Crippen LogP contribution < -0.4 is 0 Å². The number of carbonyl (C=O) groups excluding carboxylic acids is 1. The molecule has 0 N–H and O–H groups in total. The molecule has 0 bridgehead atoms. The summed E-state index contributed by atoms with van der Waals surface area (Å²) in [7, 11) is 0. The highest BCUT2D eigenvalue weighted by Gasteiger charge is 2.38. The normalized spacial score (nSPS) is 26.7. The first-order valence-electron chi connectivity index (χ1n) is 10.7. The molecule has 0 radical (unpaired) electrons. The zero-order valence-electron chi connectivity index (χ0n) is 16.8. The predicted octanol–water partition coefficient (Wildman–Crippen LogP) is 3.26. The minimum absolute atomic E-state index is 0.00394. The fraction of sp³-hybridized carbons (Fsp3) is 0.458. The molecular weight excluding hydrogens is 385 g/mol. The van der Waals surface area contributed by atoms with E-state index in [1.165, 1.54) is 17.7 Å². The fourth-order valence-electron chi connectivity index (χ4n) is 4.59. The van der Waals surface area contributed by atoms with Crippen LogP contribution in [-0.2, 0) is 25.4 Å². The molecule has 2 fully saturated rings. The Morgan fingerprint density at radius 3 is 2.50 bits per heavy atom. The van der Waals surface area contributed by atoms with Crippen molar-refractivity contribution in [1.82, 2.24) is 4.90 Å². The molecule has 0 aromatic heterocycles. The third kappa shape index (κ3) is 3.87. The van der Waals surface area contributed by atoms with Crippen LogP contribution in [0.5, 0.6) is 0 Å². The van der Waals surface area contributed by atoms with Crippen LogP contribution in [0, 0.1) is 5.82 Å². The highest BCUT2D eigenvalue weighted by molar-refractivity contribution is 5.82. The molecule has 0 saturated carbocycles. The Bertz CT molecular complexity index is 890. The van der Waals surface area contributed by atoms with E-state index in [1.807, 2.05) is 17.0 Å². The molecule has 5 nitrogen and oxygen atoms in total. The number of rotatable bonds is 4. The van der Waals surface area contributed by atoms with Crippen molar-refractivity contribution in [3.63, 3.8) is 0 Å². The van der Waals surface area contributed by atoms with Crippen LogP contribution in [0.15, 0.2) is 48.5 Å². The zero-order valence-corrected chi connectivity index (χ0v) is 16.8. The van der Waals surface area contributed by atoms with Crippen LogP contribution >= 0.6 is 0 Å². The molecule has 6 heteroatoms. The lowest BCUT2D eigenvalue weighted by Crippen LogP contribution is -2.49. The van der Waals surface area contributed by atoms with E-state index in [9.17, 15) is 9.18 Å². The minimum Gasteiger partial charge on any atom is -0.376 e. The number of carbonyl (C=O) groups is 1. The lowest BCUT2D eigenvalue weighted by molar-refractivity contribution is -0.188. The highest BCUT2D eigenvalue weighted by Crippen LogP contribution is 2.36. The summed E-state index contributed by atoms with van der Waals surface area (Å²) in [6.45, 7) is 2.34. The predicted molar refractivity (Wildman–Crippen MR) is 109 cm³/mol. The Labute approximate surface area is 175 Å². The maximum atomic E-state index is 13.5. The van der Waals surface area contributed by atoms with Crippen LogP contribution in [0.25, 0.3) is 0 Å². The van der Waals surface area contributed by atoms with E-state index in [-0.39, 0.29) is 30.0 Å². The summed E-state index contributed by atoms with van der Waals surface area (Å²) >= 11 is 0. The molecule has 0 aliphatic carbocycles. The molecule has 3 aliphatic heterocycles. The summed E-state index contributed by atoms with van der Waals surface area (Å²) in [5.41, 5.74) is 3.25. The van der Waals surface area contributed by atoms with Crippen molar-refractivity contribution in [3.8, 4) is 0 Å². The van der Waals surface area contributed by atoms with Gasteiger partial charge in [-0.25, -0.2) is 4.39 Å². The van der Waals surface area contributed by atoms with E-state index >= 15 is 0 Å². The number of fused-ring (bicyclic) bond motifs is 1. The average molecular weight is 411 g/mol. The standard InChI is InChI=1S/C24H26FNO4/c25-18-7-5-17(6-8-18)23-21-4-2-1-3-16(21)11-12-26(23)24(27)22-10-9-19(15-29-22)30-20-13-28-14-20/h1-8,19-20,22-23H,9-15H2/t19?,22-,23+/m1/s1. The Morgan fingerprint density at radius 1 is 1.00 bits per heavy atom. The minimum atomic E-state index is -0.462. The maximum Gasteiger partial charge on any atom is 0.252 e. The molecule has 30 heavy (non-hydrogen) atoms. The SMILES string of the molecule is O=C([C@H]1CCC(OC2COC2)CO1)N1CCc2ccccc2[C@@H]1c1ccc(F)cc1. The van der Waals surface area contributed by atoms with Gasteiger partial charge >= 0.3 is 0 Å². The summed E-state index contributed by atoms with van der Waals surface area (Å²) in [5.74, 6) is -0.275. The van der Waals surface area contributed by atoms with E-state index < -0.39 is 6.10 Å². The van der Waals surface area contributed by atoms with E-state index in [0.717, 1.165) is 24.0 Å². The van der Waals surface area contributed by atoms with Gasteiger partial charge in [0, 0.05) is 6.54 Å². The van der Waals surface area contributed by atoms with Gasteiger partial charge in [-0.2, -0.15) is 0 Å². The van der Waals surface area contributed by atoms with E-state index in [1.54, 1.807) is 12.1 Å². The Kier molecular flexibility index (Phi) is 5.54. The van der Waals surface area contributed by atoms with Crippen molar-refractivity contribution in [2.45, 2.75) is 43.6 Å². The van der Waals surface area contributed by atoms with Crippen molar-refractivity contribution >= 4 is 5.91 Å². The third-order valence-electron chi connectivity index (χ3n) is 6.25. The molecular formula is C24H26FNO4. The molecule has 3 atom stereocenters. The van der Waals surface area contributed by atoms with Crippen molar-refractivity contribution in [2.75, 3.05) is 26.4 Å². The van der Waals surface area contributed by atoms with Gasteiger partial charge in [-0.05, 0) is 48.1 Å². The van der Waals surface area contributed by atoms with Crippen LogP contribution in [0.4, 0.5) is 4.39 Å². The zero-order chi connectivity index (χ0) is 20.5. The number of benzene rings is 2. The first kappa shape index (κ1) is 19.7. The lowest BCUT2D eigenvalue weighted by Gasteiger charge is -2.41. The van der Waals surface area contributed by atoms with Crippen molar-refractivity contribution in [1.29, 1.82) is 0 Å². The number of ether oxygens (including phenoxy) is 3. The second-order valence-electron chi connectivity index (χ2n) is 8.25. The van der Waals surface area contributed by atoms with Gasteiger partial charge in [0.2, 0.25) is 0 Å². The van der Waals surface area contributed by atoms with Crippen LogP contribution in [0.2, 0.25) is 0 Å². The second-order valence-corrected chi connectivity index (χ2v) is 8.25. The Balaban J connectivity index is 1.34. The van der Waals surface area contributed by atoms with Gasteiger partial charge in [-0.1, -0.05) is 36.4 Å². The molecule has 2 aromatic carbocycles. The number of hydrogen-bond donors (Lipinski definition) is 0. The summed E-state index contributed by atoms with van der Waals surface area (Å²) in [4.78, 5) is 15.4. The smallest absolute Gasteiger partial charge is 0.252 e. The molecule has 1 amide bonds. The third-order valence-corrected chi connectivity index (χ3v) is 6.25. The van der Waals surface area contributed by atoms with Gasteiger partial charge in [0.15, 0.2) is 0 Å². The second kappa shape index (κ2) is 8.46. The fourth-order valence-corrected chi connectivity index (χ4v) is 4.59. The molecule has 158 valence electrons. The van der Waals surface area contributed by atoms with E-state index in [4.69, 9.17) is 14.2 Å². The first-order valence-corrected chi connectivity index (χ1v) is 10.7. The number of halogens is 1. The summed E-state index contributed by atoms with van der Waals surface area (Å²) in [6, 6.07) is 14.4. The van der Waals surface area contributed by atoms with Gasteiger partial charge in [0.05, 0.1) is 32.0 Å². The maximum absolute atomic E-state index is 13.5. The lowest BCUT2D eigenvalue weighted by atomic mass is 9.87. The molecule has 2 saturated heterocycles. The first-order chi connectivity index (χ1) is 14.7. The summed E-state index contributed by atoms with van der Waals surface area (Å²) in [5, 5.41) is 0. The van der Waals surface area contributed by atoms with Gasteiger partial charge in [-0.3, -0.25) is 4.79 Å². The van der Waals surface area contributed by atoms with E-state index in [2.05, 4.69) is 12.1 Å². The van der Waals surface area contributed by atoms with E-state index in [0.29, 0.717) is 32.8 Å². The molecule has 3 aliphatic rings. The van der Waals surface area contributed by atoms with Gasteiger partial charge in [-0.15, -0.1) is 0 Å². The number of amides is 1. The highest BCUT2D eigenvalue weighted by atomic mass is 19.1. The quantitative estimate of drug-likeness (QED) is 0.775. The molecule has 5 rings (SSSR count). The Morgan fingerprint density at radius 2 is 1.80 bits per heavy atom. The van der Waals surface area contributed by atoms with Crippen LogP contribution in [-0.4, -0.2) is 55.5 Å². The largest absolute Gasteiger partial charge is 0.376 e. The topological polar surface area (TPSA) is 48.0 Å². The van der Waals surface area contributed by atoms with Crippen molar-refractivity contribution < 1.29 is 23.4 Å². The van der Waals surface area contributed by atoms with Gasteiger partial charge in [0.1, 0.15) is 18.0 Å². The monoisotopic (exact) mass is 411 g/mol. The van der Waals surface area contributed by atoms with Crippen LogP contribution in [0.1, 0.15) is 35.6 Å². The van der Waals surface area contributed by atoms with Crippen molar-refractivity contribution in [3.05, 3.63) is 71.0 Å². The molecule has 1 unspecified atom stereocenters. The van der Waals surface area contributed by atoms with Crippen molar-refractivity contribution in [2.24, 2.45) is 0 Å². The summed E-state index contributed by atoms with van der Waals surface area (Å²) in [6.07, 6.45) is 1.98. The number of nitrogens with zero attached hydrogens (tertiary/aromatic N) is 1. The van der Waals surface area contributed by atoms with Crippen LogP contribution in [0.3, 0.4) is 0 Å². The molecule has 0 spiro atoms. The number of hydrogen-bond acceptors (Lipinski definition) is 4. The van der Waals surface area contributed by atoms with Gasteiger partial charge < -0.3 is 19.1 Å². The average Bonchev–Trinajstić information content (AvgIpc) is 2.76. The molecule has 3 heterocycles.